The number of methoxy groups -OCH3 is 1. The van der Waals surface area contributed by atoms with Crippen LogP contribution in [0.15, 0.2) is 41.0 Å². The number of rotatable bonds is 8. The fourth-order valence-corrected chi connectivity index (χ4v) is 3.14. The number of carbonyl (C=O) groups excluding carboxylic acids is 1. The molecule has 28 heavy (non-hydrogen) atoms. The molecule has 150 valence electrons. The Morgan fingerprint density at radius 2 is 2.00 bits per heavy atom. The Balaban J connectivity index is 2.69. The number of carbonyl (C=O) groups is 1. The molecule has 1 atom stereocenters. The minimum atomic E-state index is -0.704. The van der Waals surface area contributed by atoms with E-state index in [1.807, 2.05) is 13.8 Å². The zero-order valence-corrected chi connectivity index (χ0v) is 16.7. The highest BCUT2D eigenvalue weighted by Gasteiger charge is 2.37. The summed E-state index contributed by atoms with van der Waals surface area (Å²) in [7, 11) is 1.55. The predicted molar refractivity (Wildman–Crippen MR) is 103 cm³/mol. The summed E-state index contributed by atoms with van der Waals surface area (Å²) in [6.45, 7) is 6.21. The van der Waals surface area contributed by atoms with Crippen molar-refractivity contribution in [1.82, 2.24) is 0 Å². The summed E-state index contributed by atoms with van der Waals surface area (Å²) >= 11 is 0. The summed E-state index contributed by atoms with van der Waals surface area (Å²) in [5.41, 5.74) is 7.15. The number of benzene rings is 1. The van der Waals surface area contributed by atoms with Gasteiger partial charge in [0.15, 0.2) is 11.5 Å². The molecule has 1 heterocycles. The van der Waals surface area contributed by atoms with E-state index in [1.54, 1.807) is 32.2 Å². The van der Waals surface area contributed by atoms with Crippen LogP contribution >= 0.6 is 0 Å². The lowest BCUT2D eigenvalue weighted by Crippen LogP contribution is -2.26. The Hall–Kier alpha value is -3.14. The van der Waals surface area contributed by atoms with Gasteiger partial charge in [0.1, 0.15) is 17.4 Å². The van der Waals surface area contributed by atoms with Crippen molar-refractivity contribution >= 4 is 5.97 Å². The molecule has 0 radical (unpaired) electrons. The van der Waals surface area contributed by atoms with E-state index in [9.17, 15) is 10.1 Å². The van der Waals surface area contributed by atoms with Crippen LogP contribution in [0.1, 0.15) is 45.1 Å². The van der Waals surface area contributed by atoms with Gasteiger partial charge in [-0.25, -0.2) is 4.79 Å². The van der Waals surface area contributed by atoms with Gasteiger partial charge in [0.05, 0.1) is 31.8 Å². The zero-order chi connectivity index (χ0) is 20.7. The van der Waals surface area contributed by atoms with Crippen molar-refractivity contribution in [3.63, 3.8) is 0 Å². The molecule has 2 N–H and O–H groups in total. The Bertz CT molecular complexity index is 836. The van der Waals surface area contributed by atoms with Crippen molar-refractivity contribution in [2.75, 3.05) is 20.3 Å². The SMILES string of the molecule is CCCC1=C(C(=O)OCC)C(c2ccc(OC)c(OCC)c2)C(C#N)=C(N)O1. The molecule has 1 aromatic carbocycles. The quantitative estimate of drug-likeness (QED) is 0.682. The topological polar surface area (TPSA) is 104 Å². The minimum absolute atomic E-state index is 0.00206. The van der Waals surface area contributed by atoms with E-state index in [4.69, 9.17) is 24.7 Å². The third-order valence-corrected chi connectivity index (χ3v) is 4.29. The van der Waals surface area contributed by atoms with Gasteiger partial charge in [0.25, 0.3) is 0 Å². The zero-order valence-electron chi connectivity index (χ0n) is 16.7. The van der Waals surface area contributed by atoms with Crippen LogP contribution in [0.2, 0.25) is 0 Å². The number of allylic oxidation sites excluding steroid dienone is 2. The summed E-state index contributed by atoms with van der Waals surface area (Å²) in [6, 6.07) is 7.37. The molecule has 7 heteroatoms. The lowest BCUT2D eigenvalue weighted by atomic mass is 9.82. The standard InChI is InChI=1S/C21H26N2O5/c1-5-8-16-19(21(24)27-7-3)18(14(12-22)20(23)28-16)13-9-10-15(25-4)17(11-13)26-6-2/h9-11,18H,5-8,23H2,1-4H3. The van der Waals surface area contributed by atoms with E-state index >= 15 is 0 Å². The molecule has 0 aromatic heterocycles. The van der Waals surface area contributed by atoms with Gasteiger partial charge in [0.2, 0.25) is 5.88 Å². The molecule has 0 bridgehead atoms. The van der Waals surface area contributed by atoms with Crippen LogP contribution in [0.25, 0.3) is 0 Å². The average molecular weight is 386 g/mol. The van der Waals surface area contributed by atoms with Crippen LogP contribution in [-0.2, 0) is 14.3 Å². The molecule has 0 spiro atoms. The van der Waals surface area contributed by atoms with E-state index in [0.29, 0.717) is 41.4 Å². The van der Waals surface area contributed by atoms with Gasteiger partial charge >= 0.3 is 5.97 Å². The molecule has 0 amide bonds. The van der Waals surface area contributed by atoms with E-state index in [0.717, 1.165) is 6.42 Å². The Kier molecular flexibility index (Phi) is 7.33. The lowest BCUT2D eigenvalue weighted by Gasteiger charge is -2.28. The van der Waals surface area contributed by atoms with Gasteiger partial charge in [-0.2, -0.15) is 5.26 Å². The third-order valence-electron chi connectivity index (χ3n) is 4.29. The lowest BCUT2D eigenvalue weighted by molar-refractivity contribution is -0.139. The van der Waals surface area contributed by atoms with Gasteiger partial charge in [-0.15, -0.1) is 0 Å². The summed E-state index contributed by atoms with van der Waals surface area (Å²) in [5, 5.41) is 9.71. The van der Waals surface area contributed by atoms with Crippen LogP contribution in [0.3, 0.4) is 0 Å². The van der Waals surface area contributed by atoms with Crippen LogP contribution in [0, 0.1) is 11.3 Å². The number of hydrogen-bond donors (Lipinski definition) is 1. The minimum Gasteiger partial charge on any atom is -0.493 e. The maximum Gasteiger partial charge on any atom is 0.338 e. The Morgan fingerprint density at radius 1 is 1.25 bits per heavy atom. The highest BCUT2D eigenvalue weighted by atomic mass is 16.5. The number of nitriles is 1. The van der Waals surface area contributed by atoms with E-state index in [2.05, 4.69) is 6.07 Å². The molecule has 1 aliphatic rings. The number of nitrogens with two attached hydrogens (primary N) is 1. The predicted octanol–water partition coefficient (Wildman–Crippen LogP) is 3.52. The molecular formula is C21H26N2O5. The summed E-state index contributed by atoms with van der Waals surface area (Å²) in [5.74, 6) is 0.275. The Morgan fingerprint density at radius 3 is 2.57 bits per heavy atom. The second-order valence-corrected chi connectivity index (χ2v) is 6.08. The van der Waals surface area contributed by atoms with Crippen molar-refractivity contribution in [2.24, 2.45) is 5.73 Å². The maximum atomic E-state index is 12.8. The van der Waals surface area contributed by atoms with Crippen LogP contribution in [0.4, 0.5) is 0 Å². The first-order valence-corrected chi connectivity index (χ1v) is 9.30. The van der Waals surface area contributed by atoms with Crippen molar-refractivity contribution in [2.45, 2.75) is 39.5 Å². The van der Waals surface area contributed by atoms with Crippen molar-refractivity contribution in [3.05, 3.63) is 46.6 Å². The van der Waals surface area contributed by atoms with Gasteiger partial charge in [-0.3, -0.25) is 0 Å². The first kappa shape index (κ1) is 21.2. The average Bonchev–Trinajstić information content (AvgIpc) is 2.68. The molecule has 2 rings (SSSR count). The number of ether oxygens (including phenoxy) is 4. The molecule has 0 saturated heterocycles. The molecule has 0 saturated carbocycles. The fraction of sp³-hybridized carbons (Fsp3) is 0.429. The van der Waals surface area contributed by atoms with E-state index in [-0.39, 0.29) is 18.1 Å². The summed E-state index contributed by atoms with van der Waals surface area (Å²) in [6.07, 6.45) is 1.24. The normalized spacial score (nSPS) is 16.3. The molecule has 0 aliphatic carbocycles. The largest absolute Gasteiger partial charge is 0.493 e. The van der Waals surface area contributed by atoms with Crippen LogP contribution in [-0.4, -0.2) is 26.3 Å². The van der Waals surface area contributed by atoms with Gasteiger partial charge in [-0.05, 0) is 38.0 Å². The number of esters is 1. The van der Waals surface area contributed by atoms with E-state index in [1.165, 1.54) is 0 Å². The molecular weight excluding hydrogens is 360 g/mol. The first-order chi connectivity index (χ1) is 13.5. The highest BCUT2D eigenvalue weighted by Crippen LogP contribution is 2.43. The fourth-order valence-electron chi connectivity index (χ4n) is 3.14. The second kappa shape index (κ2) is 9.70. The molecule has 7 nitrogen and oxygen atoms in total. The Labute approximate surface area is 165 Å². The number of hydrogen-bond acceptors (Lipinski definition) is 7. The third kappa shape index (κ3) is 4.22. The van der Waals surface area contributed by atoms with Gasteiger partial charge in [-0.1, -0.05) is 13.0 Å². The van der Waals surface area contributed by atoms with Crippen LogP contribution in [0.5, 0.6) is 11.5 Å². The monoisotopic (exact) mass is 386 g/mol. The molecule has 1 aliphatic heterocycles. The maximum absolute atomic E-state index is 12.8. The second-order valence-electron chi connectivity index (χ2n) is 6.08. The van der Waals surface area contributed by atoms with Gasteiger partial charge < -0.3 is 24.7 Å². The molecule has 1 unspecified atom stereocenters. The summed E-state index contributed by atoms with van der Waals surface area (Å²) < 4.78 is 21.9. The van der Waals surface area contributed by atoms with Crippen LogP contribution < -0.4 is 15.2 Å². The highest BCUT2D eigenvalue weighted by molar-refractivity contribution is 5.92. The van der Waals surface area contributed by atoms with Crippen molar-refractivity contribution in [3.8, 4) is 17.6 Å². The number of nitrogens with zero attached hydrogens (tertiary/aromatic N) is 1. The van der Waals surface area contributed by atoms with Crippen molar-refractivity contribution < 1.29 is 23.7 Å². The van der Waals surface area contributed by atoms with Gasteiger partial charge in [0, 0.05) is 6.42 Å². The summed E-state index contributed by atoms with van der Waals surface area (Å²) in [4.78, 5) is 12.8. The smallest absolute Gasteiger partial charge is 0.338 e. The molecule has 1 aromatic rings. The van der Waals surface area contributed by atoms with Crippen molar-refractivity contribution in [1.29, 1.82) is 5.26 Å². The first-order valence-electron chi connectivity index (χ1n) is 9.30. The van der Waals surface area contributed by atoms with E-state index < -0.39 is 11.9 Å². The molecule has 0 fully saturated rings.